The van der Waals surface area contributed by atoms with E-state index in [1.54, 1.807) is 0 Å². The minimum atomic E-state index is -0.670. The van der Waals surface area contributed by atoms with Crippen LogP contribution in [-0.2, 0) is 6.42 Å². The van der Waals surface area contributed by atoms with E-state index >= 15 is 0 Å². The number of aromatic hydroxyl groups is 1. The van der Waals surface area contributed by atoms with Crippen molar-refractivity contribution in [3.8, 4) is 5.75 Å². The molecule has 0 aliphatic heterocycles. The maximum absolute atomic E-state index is 11.0. The third kappa shape index (κ3) is 4.80. The molecule has 0 aliphatic carbocycles. The number of aryl methyl sites for hydroxylation is 1. The first-order valence-corrected chi connectivity index (χ1v) is 8.63. The third-order valence-corrected chi connectivity index (χ3v) is 4.40. The number of nitro groups is 1. The lowest BCUT2D eigenvalue weighted by Gasteiger charge is -2.23. The molecule has 1 N–H and O–H groups in total. The van der Waals surface area contributed by atoms with Gasteiger partial charge in [0.05, 0.1) is 17.5 Å². The lowest BCUT2D eigenvalue weighted by molar-refractivity contribution is -0.385. The average Bonchev–Trinajstić information content (AvgIpc) is 2.60. The Hall–Kier alpha value is -2.44. The highest BCUT2D eigenvalue weighted by Crippen LogP contribution is 2.32. The molecule has 0 bridgehead atoms. The second-order valence-electron chi connectivity index (χ2n) is 6.19. The second-order valence-corrected chi connectivity index (χ2v) is 6.63. The van der Waals surface area contributed by atoms with Gasteiger partial charge in [-0.05, 0) is 37.7 Å². The van der Waals surface area contributed by atoms with Crippen molar-refractivity contribution in [3.63, 3.8) is 0 Å². The zero-order chi connectivity index (χ0) is 19.3. The number of hydrogen-bond donors (Lipinski definition) is 1. The topological polar surface area (TPSA) is 79.0 Å². The summed E-state index contributed by atoms with van der Waals surface area (Å²) >= 11 is 5.90. The fourth-order valence-electron chi connectivity index (χ4n) is 2.64. The summed E-state index contributed by atoms with van der Waals surface area (Å²) in [5.74, 6) is -0.433. The van der Waals surface area contributed by atoms with Crippen LogP contribution in [0.2, 0.25) is 5.02 Å². The molecule has 0 saturated heterocycles. The van der Waals surface area contributed by atoms with Crippen LogP contribution in [-0.4, -0.2) is 41.8 Å². The predicted octanol–water partition coefficient (Wildman–Crippen LogP) is 4.24. The Kier molecular flexibility index (Phi) is 6.71. The summed E-state index contributed by atoms with van der Waals surface area (Å²) in [5, 5.41) is 21.2. The maximum Gasteiger partial charge on any atom is 0.312 e. The molecule has 26 heavy (non-hydrogen) atoms. The zero-order valence-electron chi connectivity index (χ0n) is 15.0. The summed E-state index contributed by atoms with van der Waals surface area (Å²) in [5.41, 5.74) is 2.19. The van der Waals surface area contributed by atoms with Crippen molar-refractivity contribution in [1.29, 1.82) is 0 Å². The fourth-order valence-corrected chi connectivity index (χ4v) is 2.86. The quantitative estimate of drug-likeness (QED) is 0.446. The van der Waals surface area contributed by atoms with Crippen molar-refractivity contribution < 1.29 is 10.0 Å². The molecule has 1 atom stereocenters. The summed E-state index contributed by atoms with van der Waals surface area (Å²) < 4.78 is 0. The van der Waals surface area contributed by atoms with Gasteiger partial charge in [-0.1, -0.05) is 42.8 Å². The molecule has 138 valence electrons. The average molecular weight is 376 g/mol. The second kappa shape index (κ2) is 8.78. The molecule has 7 heteroatoms. The van der Waals surface area contributed by atoms with Crippen LogP contribution in [0.25, 0.3) is 0 Å². The summed E-state index contributed by atoms with van der Waals surface area (Å²) in [7, 11) is 3.94. The van der Waals surface area contributed by atoms with E-state index in [1.807, 2.05) is 14.1 Å². The first kappa shape index (κ1) is 19.9. The lowest BCUT2D eigenvalue weighted by atomic mass is 10.0. The number of nitro benzene ring substituents is 1. The molecule has 2 rings (SSSR count). The molecule has 0 heterocycles. The summed E-state index contributed by atoms with van der Waals surface area (Å²) in [6.07, 6.45) is 2.41. The third-order valence-electron chi connectivity index (χ3n) is 4.19. The van der Waals surface area contributed by atoms with E-state index in [0.29, 0.717) is 6.54 Å². The van der Waals surface area contributed by atoms with E-state index in [4.69, 9.17) is 11.6 Å². The number of hydrogen-bond acceptors (Lipinski definition) is 5. The highest BCUT2D eigenvalue weighted by molar-refractivity contribution is 6.31. The molecule has 0 unspecified atom stereocenters. The largest absolute Gasteiger partial charge is 0.502 e. The number of rotatable bonds is 7. The Morgan fingerprint density at radius 3 is 2.50 bits per heavy atom. The van der Waals surface area contributed by atoms with E-state index in [0.717, 1.165) is 18.1 Å². The van der Waals surface area contributed by atoms with Gasteiger partial charge >= 0.3 is 5.69 Å². The highest BCUT2D eigenvalue weighted by atomic mass is 35.5. The van der Waals surface area contributed by atoms with E-state index in [9.17, 15) is 15.2 Å². The highest BCUT2D eigenvalue weighted by Gasteiger charge is 2.18. The Morgan fingerprint density at radius 2 is 1.96 bits per heavy atom. The lowest BCUT2D eigenvalue weighted by Crippen LogP contribution is -2.22. The molecule has 0 fully saturated rings. The number of aliphatic imine (C=N–C) groups is 1. The number of halogens is 1. The van der Waals surface area contributed by atoms with Crippen LogP contribution in [0.3, 0.4) is 0 Å². The van der Waals surface area contributed by atoms with Gasteiger partial charge in [0.1, 0.15) is 0 Å². The van der Waals surface area contributed by atoms with Crippen LogP contribution in [0.5, 0.6) is 5.75 Å². The van der Waals surface area contributed by atoms with Gasteiger partial charge in [-0.15, -0.1) is 0 Å². The van der Waals surface area contributed by atoms with Crippen molar-refractivity contribution in [2.24, 2.45) is 4.99 Å². The van der Waals surface area contributed by atoms with Gasteiger partial charge in [0, 0.05) is 22.9 Å². The summed E-state index contributed by atoms with van der Waals surface area (Å²) in [4.78, 5) is 16.7. The van der Waals surface area contributed by atoms with Gasteiger partial charge in [-0.3, -0.25) is 15.1 Å². The minimum absolute atomic E-state index is 0.0495. The monoisotopic (exact) mass is 375 g/mol. The Morgan fingerprint density at radius 1 is 1.31 bits per heavy atom. The van der Waals surface area contributed by atoms with Gasteiger partial charge in [-0.2, -0.15) is 0 Å². The van der Waals surface area contributed by atoms with Crippen LogP contribution < -0.4 is 0 Å². The maximum atomic E-state index is 11.0. The van der Waals surface area contributed by atoms with Gasteiger partial charge in [0.15, 0.2) is 0 Å². The van der Waals surface area contributed by atoms with Crippen LogP contribution in [0.4, 0.5) is 5.69 Å². The smallest absolute Gasteiger partial charge is 0.312 e. The van der Waals surface area contributed by atoms with Crippen molar-refractivity contribution >= 4 is 23.5 Å². The molecule has 6 nitrogen and oxygen atoms in total. The van der Waals surface area contributed by atoms with Gasteiger partial charge in [-0.25, -0.2) is 0 Å². The van der Waals surface area contributed by atoms with Gasteiger partial charge < -0.3 is 10.0 Å². The SMILES string of the molecule is CCc1ccc([C@@H](CN=Cc2cc(Cl)cc([N+](=O)[O-])c2O)N(C)C)cc1. The molecule has 0 spiro atoms. The molecule has 0 saturated carbocycles. The van der Waals surface area contributed by atoms with E-state index in [2.05, 4.69) is 41.1 Å². The van der Waals surface area contributed by atoms with Crippen LogP contribution in [0, 0.1) is 10.1 Å². The fraction of sp³-hybridized carbons (Fsp3) is 0.316. The number of likely N-dealkylation sites (N-methyl/N-ethyl adjacent to an activating group) is 1. The van der Waals surface area contributed by atoms with Crippen LogP contribution in [0.15, 0.2) is 41.4 Å². The number of phenols is 1. The van der Waals surface area contributed by atoms with Crippen molar-refractivity contribution in [3.05, 3.63) is 68.2 Å². The van der Waals surface area contributed by atoms with E-state index < -0.39 is 16.4 Å². The van der Waals surface area contributed by atoms with E-state index in [-0.39, 0.29) is 16.6 Å². The normalized spacial score (nSPS) is 12.7. The standard InChI is InChI=1S/C19H22ClN3O3/c1-4-13-5-7-14(8-6-13)18(22(2)3)12-21-11-15-9-16(20)10-17(19(15)24)23(25)26/h5-11,18,24H,4,12H2,1-3H3/t18-/m1/s1. The number of benzene rings is 2. The molecule has 2 aromatic carbocycles. The first-order valence-electron chi connectivity index (χ1n) is 8.25. The Bertz CT molecular complexity index is 804. The molecular formula is C19H22ClN3O3. The molecular weight excluding hydrogens is 354 g/mol. The summed E-state index contributed by atoms with van der Waals surface area (Å²) in [6.45, 7) is 2.55. The molecule has 0 radical (unpaired) electrons. The minimum Gasteiger partial charge on any atom is -0.502 e. The predicted molar refractivity (Wildman–Crippen MR) is 104 cm³/mol. The Balaban J connectivity index is 2.22. The Labute approximate surface area is 157 Å². The molecule has 2 aromatic rings. The van der Waals surface area contributed by atoms with E-state index in [1.165, 1.54) is 17.8 Å². The molecule has 0 aromatic heterocycles. The molecule has 0 amide bonds. The molecule has 0 aliphatic rings. The number of nitrogens with zero attached hydrogens (tertiary/aromatic N) is 3. The van der Waals surface area contributed by atoms with Crippen molar-refractivity contribution in [2.45, 2.75) is 19.4 Å². The van der Waals surface area contributed by atoms with Gasteiger partial charge in [0.2, 0.25) is 5.75 Å². The van der Waals surface area contributed by atoms with Gasteiger partial charge in [0.25, 0.3) is 0 Å². The van der Waals surface area contributed by atoms with Crippen LogP contribution in [0.1, 0.15) is 29.7 Å². The van der Waals surface area contributed by atoms with Crippen molar-refractivity contribution in [2.75, 3.05) is 20.6 Å². The summed E-state index contributed by atoms with van der Waals surface area (Å²) in [6, 6.07) is 11.0. The van der Waals surface area contributed by atoms with Crippen molar-refractivity contribution in [1.82, 2.24) is 4.90 Å². The first-order chi connectivity index (χ1) is 12.3. The zero-order valence-corrected chi connectivity index (χ0v) is 15.8. The number of phenolic OH excluding ortho intramolecular Hbond substituents is 1. The van der Waals surface area contributed by atoms with Crippen LogP contribution >= 0.6 is 11.6 Å².